The monoisotopic (exact) mass is 293 g/mol. The van der Waals surface area contributed by atoms with E-state index in [0.717, 1.165) is 10.9 Å². The third-order valence-electron chi connectivity index (χ3n) is 2.93. The van der Waals surface area contributed by atoms with Crippen LogP contribution in [0.2, 0.25) is 0 Å². The van der Waals surface area contributed by atoms with Gasteiger partial charge in [0.05, 0.1) is 6.20 Å². The highest BCUT2D eigenvalue weighted by Gasteiger charge is 2.12. The minimum absolute atomic E-state index is 0.638. The molecule has 3 nitrogen and oxygen atoms in total. The van der Waals surface area contributed by atoms with E-state index < -0.39 is 0 Å². The Morgan fingerprint density at radius 1 is 1.35 bits per heavy atom. The molecule has 0 fully saturated rings. The van der Waals surface area contributed by atoms with Crippen LogP contribution in [0.1, 0.15) is 11.3 Å². The van der Waals surface area contributed by atoms with E-state index in [1.54, 1.807) is 0 Å². The average molecular weight is 294 g/mol. The predicted octanol–water partition coefficient (Wildman–Crippen LogP) is 2.66. The Morgan fingerprint density at radius 2 is 2.12 bits per heavy atom. The zero-order valence-corrected chi connectivity index (χ0v) is 11.7. The topological polar surface area (TPSA) is 43.8 Å². The molecule has 2 aromatic rings. The lowest BCUT2D eigenvalue weighted by Crippen LogP contribution is -2.08. The molecule has 0 saturated heterocycles. The first-order valence-corrected chi connectivity index (χ1v) is 6.40. The zero-order valence-electron chi connectivity index (χ0n) is 10.1. The number of aromatic nitrogens is 2. The van der Waals surface area contributed by atoms with Crippen LogP contribution in [-0.4, -0.2) is 16.3 Å². The summed E-state index contributed by atoms with van der Waals surface area (Å²) < 4.78 is 2.99. The van der Waals surface area contributed by atoms with Gasteiger partial charge in [-0.2, -0.15) is 5.10 Å². The van der Waals surface area contributed by atoms with Gasteiger partial charge in [0.25, 0.3) is 0 Å². The van der Waals surface area contributed by atoms with Gasteiger partial charge in [-0.3, -0.25) is 4.68 Å². The third kappa shape index (κ3) is 2.42. The summed E-state index contributed by atoms with van der Waals surface area (Å²) in [7, 11) is 1.96. The van der Waals surface area contributed by atoms with E-state index in [-0.39, 0.29) is 0 Å². The Kier molecular flexibility index (Phi) is 3.64. The molecule has 0 bridgehead atoms. The first-order chi connectivity index (χ1) is 8.13. The fraction of sp³-hybridized carbons (Fsp3) is 0.308. The average Bonchev–Trinajstić information content (AvgIpc) is 2.65. The molecule has 0 saturated carbocycles. The van der Waals surface area contributed by atoms with Crippen molar-refractivity contribution in [2.45, 2.75) is 13.3 Å². The number of nitrogens with zero attached hydrogens (tertiary/aromatic N) is 2. The number of nitrogens with two attached hydrogens (primary N) is 1. The highest BCUT2D eigenvalue weighted by Crippen LogP contribution is 2.29. The van der Waals surface area contributed by atoms with Crippen molar-refractivity contribution in [1.82, 2.24) is 9.78 Å². The Bertz CT molecular complexity index is 531. The summed E-state index contributed by atoms with van der Waals surface area (Å²) in [6.07, 6.45) is 2.76. The molecule has 0 aliphatic heterocycles. The van der Waals surface area contributed by atoms with Crippen molar-refractivity contribution in [3.8, 4) is 11.1 Å². The maximum atomic E-state index is 5.65. The van der Waals surface area contributed by atoms with Crippen molar-refractivity contribution in [2.24, 2.45) is 12.8 Å². The van der Waals surface area contributed by atoms with Gasteiger partial charge in [-0.15, -0.1) is 0 Å². The lowest BCUT2D eigenvalue weighted by molar-refractivity contribution is 0.707. The lowest BCUT2D eigenvalue weighted by Gasteiger charge is -2.08. The molecule has 0 amide bonds. The van der Waals surface area contributed by atoms with Gasteiger partial charge in [0, 0.05) is 29.2 Å². The predicted molar refractivity (Wildman–Crippen MR) is 73.8 cm³/mol. The Hall–Kier alpha value is -1.13. The molecular formula is C13H16BrN3. The van der Waals surface area contributed by atoms with Crippen molar-refractivity contribution >= 4 is 15.9 Å². The summed E-state index contributed by atoms with van der Waals surface area (Å²) in [5.74, 6) is 0. The summed E-state index contributed by atoms with van der Waals surface area (Å²) in [4.78, 5) is 0. The number of rotatable bonds is 3. The van der Waals surface area contributed by atoms with E-state index in [0.29, 0.717) is 6.54 Å². The number of benzene rings is 1. The number of hydrogen-bond donors (Lipinski definition) is 1. The van der Waals surface area contributed by atoms with Crippen LogP contribution in [0.4, 0.5) is 0 Å². The van der Waals surface area contributed by atoms with Gasteiger partial charge < -0.3 is 5.73 Å². The molecule has 0 aliphatic rings. The normalized spacial score (nSPS) is 10.8. The molecule has 4 heteroatoms. The molecule has 0 unspecified atom stereocenters. The van der Waals surface area contributed by atoms with Gasteiger partial charge in [-0.25, -0.2) is 0 Å². The van der Waals surface area contributed by atoms with E-state index in [2.05, 4.69) is 46.2 Å². The molecule has 0 atom stereocenters. The quantitative estimate of drug-likeness (QED) is 0.945. The summed E-state index contributed by atoms with van der Waals surface area (Å²) >= 11 is 3.51. The van der Waals surface area contributed by atoms with Crippen LogP contribution in [0.5, 0.6) is 0 Å². The molecule has 1 aromatic carbocycles. The standard InChI is InChI=1S/C13H16BrN3/c1-9-3-4-10(14)7-11(9)12-8-16-17(2)13(12)5-6-15/h3-4,7-8H,5-6,15H2,1-2H3. The molecule has 0 spiro atoms. The van der Waals surface area contributed by atoms with Gasteiger partial charge in [0.2, 0.25) is 0 Å². The van der Waals surface area contributed by atoms with Crippen molar-refractivity contribution in [2.75, 3.05) is 6.54 Å². The first-order valence-electron chi connectivity index (χ1n) is 5.61. The van der Waals surface area contributed by atoms with Crippen LogP contribution in [0.15, 0.2) is 28.9 Å². The summed E-state index contributed by atoms with van der Waals surface area (Å²) in [5.41, 5.74) is 10.5. The van der Waals surface area contributed by atoms with Crippen LogP contribution in [-0.2, 0) is 13.5 Å². The minimum atomic E-state index is 0.638. The molecule has 90 valence electrons. The molecule has 1 heterocycles. The van der Waals surface area contributed by atoms with Crippen LogP contribution < -0.4 is 5.73 Å². The second kappa shape index (κ2) is 5.02. The molecule has 2 rings (SSSR count). The van der Waals surface area contributed by atoms with Crippen LogP contribution in [0.25, 0.3) is 11.1 Å². The minimum Gasteiger partial charge on any atom is -0.330 e. The van der Waals surface area contributed by atoms with E-state index in [1.165, 1.54) is 22.4 Å². The molecular weight excluding hydrogens is 278 g/mol. The largest absolute Gasteiger partial charge is 0.330 e. The highest BCUT2D eigenvalue weighted by atomic mass is 79.9. The van der Waals surface area contributed by atoms with Gasteiger partial charge in [0.15, 0.2) is 0 Å². The zero-order chi connectivity index (χ0) is 12.4. The van der Waals surface area contributed by atoms with Crippen molar-refractivity contribution in [3.63, 3.8) is 0 Å². The van der Waals surface area contributed by atoms with Crippen LogP contribution >= 0.6 is 15.9 Å². The second-order valence-corrected chi connectivity index (χ2v) is 5.04. The van der Waals surface area contributed by atoms with Crippen molar-refractivity contribution in [3.05, 3.63) is 40.1 Å². The van der Waals surface area contributed by atoms with Gasteiger partial charge in [0.1, 0.15) is 0 Å². The smallest absolute Gasteiger partial charge is 0.0571 e. The van der Waals surface area contributed by atoms with E-state index in [1.807, 2.05) is 17.9 Å². The van der Waals surface area contributed by atoms with Crippen molar-refractivity contribution in [1.29, 1.82) is 0 Å². The Morgan fingerprint density at radius 3 is 2.82 bits per heavy atom. The van der Waals surface area contributed by atoms with Gasteiger partial charge in [-0.1, -0.05) is 22.0 Å². The third-order valence-corrected chi connectivity index (χ3v) is 3.43. The summed E-state index contributed by atoms with van der Waals surface area (Å²) in [6.45, 7) is 2.75. The highest BCUT2D eigenvalue weighted by molar-refractivity contribution is 9.10. The summed E-state index contributed by atoms with van der Waals surface area (Å²) in [5, 5.41) is 4.33. The number of halogens is 1. The Balaban J connectivity index is 2.56. The van der Waals surface area contributed by atoms with Gasteiger partial charge in [-0.05, 0) is 36.7 Å². The SMILES string of the molecule is Cc1ccc(Br)cc1-c1cnn(C)c1CCN. The fourth-order valence-electron chi connectivity index (χ4n) is 2.01. The molecule has 0 radical (unpaired) electrons. The number of aryl methyl sites for hydroxylation is 2. The van der Waals surface area contributed by atoms with Crippen LogP contribution in [0, 0.1) is 6.92 Å². The lowest BCUT2D eigenvalue weighted by atomic mass is 10.00. The summed E-state index contributed by atoms with van der Waals surface area (Å²) in [6, 6.07) is 6.29. The van der Waals surface area contributed by atoms with E-state index in [4.69, 9.17) is 5.73 Å². The number of hydrogen-bond acceptors (Lipinski definition) is 2. The molecule has 0 aliphatic carbocycles. The van der Waals surface area contributed by atoms with E-state index in [9.17, 15) is 0 Å². The van der Waals surface area contributed by atoms with Gasteiger partial charge >= 0.3 is 0 Å². The fourth-order valence-corrected chi connectivity index (χ4v) is 2.37. The first kappa shape index (κ1) is 12.3. The molecule has 1 aromatic heterocycles. The Labute approximate surface area is 110 Å². The van der Waals surface area contributed by atoms with E-state index >= 15 is 0 Å². The second-order valence-electron chi connectivity index (χ2n) is 4.13. The maximum Gasteiger partial charge on any atom is 0.0571 e. The maximum absolute atomic E-state index is 5.65. The molecule has 17 heavy (non-hydrogen) atoms. The molecule has 2 N–H and O–H groups in total. The van der Waals surface area contributed by atoms with Crippen molar-refractivity contribution < 1.29 is 0 Å². The van der Waals surface area contributed by atoms with Crippen LogP contribution in [0.3, 0.4) is 0 Å².